The molecule has 1 rings (SSSR count). The second-order valence-electron chi connectivity index (χ2n) is 3.14. The molecule has 1 aromatic carbocycles. The second kappa shape index (κ2) is 6.16. The van der Waals surface area contributed by atoms with Crippen LogP contribution in [0.5, 0.6) is 0 Å². The summed E-state index contributed by atoms with van der Waals surface area (Å²) in [5.41, 5.74) is 3.86. The minimum absolute atomic E-state index is 0.775. The summed E-state index contributed by atoms with van der Waals surface area (Å²) in [4.78, 5) is 4.34. The maximum Gasteiger partial charge on any atom is 0.115 e. The normalized spacial score (nSPS) is 11.4. The Labute approximate surface area is 85.0 Å². The van der Waals surface area contributed by atoms with Crippen molar-refractivity contribution in [2.24, 2.45) is 10.8 Å². The summed E-state index contributed by atoms with van der Waals surface area (Å²) < 4.78 is 0. The molecular weight excluding hydrogens is 174 g/mol. The molecule has 76 valence electrons. The minimum atomic E-state index is 0.775. The van der Waals surface area contributed by atoms with Gasteiger partial charge in [0, 0.05) is 13.0 Å². The smallest absolute Gasteiger partial charge is 0.115 e. The first-order chi connectivity index (χ1) is 6.86. The number of hydrogen-bond donors (Lipinski definition) is 2. The van der Waals surface area contributed by atoms with Crippen LogP contribution in [0.25, 0.3) is 0 Å². The molecule has 0 bridgehead atoms. The van der Waals surface area contributed by atoms with E-state index in [4.69, 9.17) is 5.84 Å². The van der Waals surface area contributed by atoms with Gasteiger partial charge in [-0.05, 0) is 12.0 Å². The molecule has 0 radical (unpaired) electrons. The molecular formula is C11H17N3. The molecule has 0 aliphatic rings. The number of nitrogens with two attached hydrogens (primary N) is 1. The maximum absolute atomic E-state index is 5.38. The summed E-state index contributed by atoms with van der Waals surface area (Å²) in [6.45, 7) is 2.92. The lowest BCUT2D eigenvalue weighted by Crippen LogP contribution is -2.32. The third-order valence-corrected chi connectivity index (χ3v) is 1.91. The predicted octanol–water partition coefficient (Wildman–Crippen LogP) is 1.50. The molecule has 0 saturated carbocycles. The third-order valence-electron chi connectivity index (χ3n) is 1.91. The van der Waals surface area contributed by atoms with Gasteiger partial charge in [0.2, 0.25) is 0 Å². The Morgan fingerprint density at radius 2 is 2.07 bits per heavy atom. The van der Waals surface area contributed by atoms with Crippen LogP contribution in [-0.4, -0.2) is 12.4 Å². The van der Waals surface area contributed by atoms with Crippen LogP contribution in [0.2, 0.25) is 0 Å². The average molecular weight is 191 g/mol. The molecule has 0 unspecified atom stereocenters. The Morgan fingerprint density at radius 3 is 2.64 bits per heavy atom. The number of hydrogen-bond acceptors (Lipinski definition) is 2. The monoisotopic (exact) mass is 191 g/mol. The highest BCUT2D eigenvalue weighted by molar-refractivity contribution is 5.83. The topological polar surface area (TPSA) is 50.4 Å². The van der Waals surface area contributed by atoms with E-state index in [0.29, 0.717) is 0 Å². The first-order valence-electron chi connectivity index (χ1n) is 4.90. The average Bonchev–Trinajstić information content (AvgIpc) is 2.25. The Bertz CT molecular complexity index is 280. The summed E-state index contributed by atoms with van der Waals surface area (Å²) in [5, 5.41) is 0. The van der Waals surface area contributed by atoms with Crippen molar-refractivity contribution in [2.75, 3.05) is 6.54 Å². The molecule has 3 nitrogen and oxygen atoms in total. The number of amidine groups is 1. The van der Waals surface area contributed by atoms with Crippen molar-refractivity contribution in [1.29, 1.82) is 0 Å². The van der Waals surface area contributed by atoms with Crippen molar-refractivity contribution in [1.82, 2.24) is 5.43 Å². The third kappa shape index (κ3) is 3.58. The quantitative estimate of drug-likeness (QED) is 0.328. The number of benzene rings is 1. The molecule has 14 heavy (non-hydrogen) atoms. The molecule has 0 saturated heterocycles. The molecule has 3 heteroatoms. The van der Waals surface area contributed by atoms with E-state index in [1.165, 1.54) is 5.56 Å². The fraction of sp³-hybridized carbons (Fsp3) is 0.364. The molecule has 0 fully saturated rings. The van der Waals surface area contributed by atoms with Crippen LogP contribution < -0.4 is 11.3 Å². The van der Waals surface area contributed by atoms with Crippen molar-refractivity contribution in [3.8, 4) is 0 Å². The van der Waals surface area contributed by atoms with E-state index in [-0.39, 0.29) is 0 Å². The lowest BCUT2D eigenvalue weighted by molar-refractivity contribution is 0.893. The molecule has 0 aromatic heterocycles. The minimum Gasteiger partial charge on any atom is -0.312 e. The van der Waals surface area contributed by atoms with E-state index >= 15 is 0 Å². The number of aliphatic imine (C=N–C) groups is 1. The molecule has 0 spiro atoms. The Kier molecular flexibility index (Phi) is 4.72. The molecule has 0 aliphatic carbocycles. The lowest BCUT2D eigenvalue weighted by Gasteiger charge is -2.05. The SMILES string of the molecule is CCCN=C(Cc1ccccc1)NN. The molecule has 1 aromatic rings. The Hall–Kier alpha value is -1.35. The first kappa shape index (κ1) is 10.7. The van der Waals surface area contributed by atoms with Crippen LogP contribution in [0.3, 0.4) is 0 Å². The van der Waals surface area contributed by atoms with E-state index < -0.39 is 0 Å². The molecule has 0 aliphatic heterocycles. The van der Waals surface area contributed by atoms with Crippen LogP contribution in [0.4, 0.5) is 0 Å². The fourth-order valence-electron chi connectivity index (χ4n) is 1.19. The van der Waals surface area contributed by atoms with Gasteiger partial charge in [-0.15, -0.1) is 0 Å². The van der Waals surface area contributed by atoms with Crippen LogP contribution in [-0.2, 0) is 6.42 Å². The highest BCUT2D eigenvalue weighted by atomic mass is 15.2. The second-order valence-corrected chi connectivity index (χ2v) is 3.14. The standard InChI is InChI=1S/C11H17N3/c1-2-8-13-11(14-12)9-10-6-4-3-5-7-10/h3-7H,2,8-9,12H2,1H3,(H,13,14). The number of nitrogens with one attached hydrogen (secondary N) is 1. The van der Waals surface area contributed by atoms with Gasteiger partial charge in [0.05, 0.1) is 0 Å². The molecule has 0 heterocycles. The highest BCUT2D eigenvalue weighted by Gasteiger charge is 1.97. The van der Waals surface area contributed by atoms with Gasteiger partial charge in [-0.1, -0.05) is 37.3 Å². The number of nitrogens with zero attached hydrogens (tertiary/aromatic N) is 1. The van der Waals surface area contributed by atoms with E-state index in [1.807, 2.05) is 18.2 Å². The van der Waals surface area contributed by atoms with Crippen molar-refractivity contribution in [3.05, 3.63) is 35.9 Å². The van der Waals surface area contributed by atoms with Crippen molar-refractivity contribution >= 4 is 5.84 Å². The van der Waals surface area contributed by atoms with Gasteiger partial charge in [0.25, 0.3) is 0 Å². The van der Waals surface area contributed by atoms with Gasteiger partial charge >= 0.3 is 0 Å². The first-order valence-corrected chi connectivity index (χ1v) is 4.90. The van der Waals surface area contributed by atoms with Crippen molar-refractivity contribution in [3.63, 3.8) is 0 Å². The summed E-state index contributed by atoms with van der Waals surface area (Å²) in [6, 6.07) is 10.2. The largest absolute Gasteiger partial charge is 0.312 e. The summed E-state index contributed by atoms with van der Waals surface area (Å²) in [6.07, 6.45) is 1.82. The van der Waals surface area contributed by atoms with Gasteiger partial charge in [-0.25, -0.2) is 5.84 Å². The van der Waals surface area contributed by atoms with Crippen LogP contribution in [0.15, 0.2) is 35.3 Å². The van der Waals surface area contributed by atoms with E-state index in [0.717, 1.165) is 25.2 Å². The zero-order valence-corrected chi connectivity index (χ0v) is 8.53. The summed E-state index contributed by atoms with van der Waals surface area (Å²) >= 11 is 0. The van der Waals surface area contributed by atoms with E-state index in [1.54, 1.807) is 0 Å². The number of hydrazine groups is 1. The van der Waals surface area contributed by atoms with E-state index in [2.05, 4.69) is 29.5 Å². The highest BCUT2D eigenvalue weighted by Crippen LogP contribution is 1.99. The Morgan fingerprint density at radius 1 is 1.36 bits per heavy atom. The zero-order chi connectivity index (χ0) is 10.2. The van der Waals surface area contributed by atoms with Crippen LogP contribution in [0, 0.1) is 0 Å². The summed E-state index contributed by atoms with van der Waals surface area (Å²) in [7, 11) is 0. The molecule has 3 N–H and O–H groups in total. The fourth-order valence-corrected chi connectivity index (χ4v) is 1.19. The Balaban J connectivity index is 2.57. The maximum atomic E-state index is 5.38. The van der Waals surface area contributed by atoms with Gasteiger partial charge in [0.1, 0.15) is 5.84 Å². The van der Waals surface area contributed by atoms with Crippen molar-refractivity contribution < 1.29 is 0 Å². The number of rotatable bonds is 4. The zero-order valence-electron chi connectivity index (χ0n) is 8.53. The van der Waals surface area contributed by atoms with Gasteiger partial charge in [-0.3, -0.25) is 4.99 Å². The van der Waals surface area contributed by atoms with Gasteiger partial charge in [0.15, 0.2) is 0 Å². The van der Waals surface area contributed by atoms with Crippen molar-refractivity contribution in [2.45, 2.75) is 19.8 Å². The van der Waals surface area contributed by atoms with Gasteiger partial charge in [-0.2, -0.15) is 0 Å². The lowest BCUT2D eigenvalue weighted by atomic mass is 10.1. The molecule has 0 amide bonds. The summed E-state index contributed by atoms with van der Waals surface area (Å²) in [5.74, 6) is 6.23. The van der Waals surface area contributed by atoms with E-state index in [9.17, 15) is 0 Å². The van der Waals surface area contributed by atoms with Crippen LogP contribution in [0.1, 0.15) is 18.9 Å². The van der Waals surface area contributed by atoms with Gasteiger partial charge < -0.3 is 5.43 Å². The predicted molar refractivity (Wildman–Crippen MR) is 60.1 cm³/mol. The molecule has 0 atom stereocenters. The van der Waals surface area contributed by atoms with Crippen LogP contribution >= 0.6 is 0 Å².